The van der Waals surface area contributed by atoms with Crippen LogP contribution in [0.25, 0.3) is 0 Å². The largest absolute Gasteiger partial charge is 0.495 e. The molecule has 0 saturated heterocycles. The molecule has 116 valence electrons. The highest BCUT2D eigenvalue weighted by Gasteiger charge is 2.11. The van der Waals surface area contributed by atoms with Crippen LogP contribution in [0.4, 0.5) is 17.3 Å². The van der Waals surface area contributed by atoms with Crippen LogP contribution in [0.2, 0.25) is 0 Å². The van der Waals surface area contributed by atoms with Crippen LogP contribution in [0.15, 0.2) is 30.6 Å². The SMILES string of the molecule is COC(=O)c1ccc(OC)c(Nc2cc(N(C)C)ncn2)c1. The van der Waals surface area contributed by atoms with Gasteiger partial charge in [0.05, 0.1) is 25.5 Å². The molecule has 0 fully saturated rings. The van der Waals surface area contributed by atoms with Crippen LogP contribution in [0, 0.1) is 0 Å². The number of rotatable bonds is 5. The predicted molar refractivity (Wildman–Crippen MR) is 84.0 cm³/mol. The van der Waals surface area contributed by atoms with Crippen molar-refractivity contribution in [3.63, 3.8) is 0 Å². The zero-order valence-corrected chi connectivity index (χ0v) is 13.0. The molecule has 1 aromatic heterocycles. The number of aromatic nitrogens is 2. The minimum absolute atomic E-state index is 0.414. The van der Waals surface area contributed by atoms with E-state index in [1.807, 2.05) is 19.0 Å². The normalized spacial score (nSPS) is 10.0. The minimum atomic E-state index is -0.414. The van der Waals surface area contributed by atoms with Crippen LogP contribution in [0.5, 0.6) is 5.75 Å². The Morgan fingerprint density at radius 3 is 2.59 bits per heavy atom. The minimum Gasteiger partial charge on any atom is -0.495 e. The zero-order chi connectivity index (χ0) is 16.1. The maximum absolute atomic E-state index is 11.6. The van der Waals surface area contributed by atoms with Crippen molar-refractivity contribution < 1.29 is 14.3 Å². The first-order valence-electron chi connectivity index (χ1n) is 6.58. The molecule has 0 aliphatic rings. The quantitative estimate of drug-likeness (QED) is 0.847. The Bertz CT molecular complexity index is 674. The Kier molecular flexibility index (Phi) is 4.77. The van der Waals surface area contributed by atoms with Crippen LogP contribution in [-0.4, -0.2) is 44.3 Å². The zero-order valence-electron chi connectivity index (χ0n) is 13.0. The lowest BCUT2D eigenvalue weighted by Crippen LogP contribution is -2.11. The van der Waals surface area contributed by atoms with Gasteiger partial charge in [0.1, 0.15) is 23.7 Å². The molecule has 7 heteroatoms. The Balaban J connectivity index is 2.35. The Morgan fingerprint density at radius 2 is 1.95 bits per heavy atom. The summed E-state index contributed by atoms with van der Waals surface area (Å²) in [6.45, 7) is 0. The highest BCUT2D eigenvalue weighted by molar-refractivity contribution is 5.91. The van der Waals surface area contributed by atoms with E-state index in [0.29, 0.717) is 22.8 Å². The second-order valence-corrected chi connectivity index (χ2v) is 4.69. The summed E-state index contributed by atoms with van der Waals surface area (Å²) in [5, 5.41) is 3.13. The van der Waals surface area contributed by atoms with Gasteiger partial charge in [-0.25, -0.2) is 14.8 Å². The van der Waals surface area contributed by atoms with Crippen molar-refractivity contribution in [2.45, 2.75) is 0 Å². The molecule has 1 N–H and O–H groups in total. The van der Waals surface area contributed by atoms with Gasteiger partial charge in [0.25, 0.3) is 0 Å². The van der Waals surface area contributed by atoms with E-state index >= 15 is 0 Å². The highest BCUT2D eigenvalue weighted by atomic mass is 16.5. The summed E-state index contributed by atoms with van der Waals surface area (Å²) in [5.74, 6) is 1.54. The van der Waals surface area contributed by atoms with E-state index in [4.69, 9.17) is 9.47 Å². The molecule has 2 aromatic rings. The summed E-state index contributed by atoms with van der Waals surface area (Å²) in [5.41, 5.74) is 1.04. The Morgan fingerprint density at radius 1 is 1.18 bits per heavy atom. The number of nitrogens with one attached hydrogen (secondary N) is 1. The molecule has 0 spiro atoms. The third-order valence-electron chi connectivity index (χ3n) is 2.99. The lowest BCUT2D eigenvalue weighted by molar-refractivity contribution is 0.0601. The van der Waals surface area contributed by atoms with Gasteiger partial charge >= 0.3 is 5.97 Å². The molecule has 7 nitrogen and oxygen atoms in total. The first-order chi connectivity index (χ1) is 10.5. The van der Waals surface area contributed by atoms with Crippen molar-refractivity contribution in [2.24, 2.45) is 0 Å². The lowest BCUT2D eigenvalue weighted by atomic mass is 10.2. The van der Waals surface area contributed by atoms with Gasteiger partial charge in [-0.05, 0) is 18.2 Å². The summed E-state index contributed by atoms with van der Waals surface area (Å²) < 4.78 is 10.0. The van der Waals surface area contributed by atoms with Crippen molar-refractivity contribution in [1.29, 1.82) is 0 Å². The molecular weight excluding hydrogens is 284 g/mol. The number of ether oxygens (including phenoxy) is 2. The maximum Gasteiger partial charge on any atom is 0.337 e. The van der Waals surface area contributed by atoms with Crippen molar-refractivity contribution in [1.82, 2.24) is 9.97 Å². The van der Waals surface area contributed by atoms with Crippen LogP contribution >= 0.6 is 0 Å². The van der Waals surface area contributed by atoms with Crippen molar-refractivity contribution in [3.05, 3.63) is 36.2 Å². The van der Waals surface area contributed by atoms with Gasteiger partial charge in [0, 0.05) is 20.2 Å². The third kappa shape index (κ3) is 3.43. The Labute approximate surface area is 128 Å². The molecule has 0 aliphatic carbocycles. The summed E-state index contributed by atoms with van der Waals surface area (Å²) in [6, 6.07) is 6.79. The van der Waals surface area contributed by atoms with Gasteiger partial charge in [0.2, 0.25) is 0 Å². The standard InChI is InChI=1S/C15H18N4O3/c1-19(2)14-8-13(16-9-17-14)18-11-7-10(15(20)22-4)5-6-12(11)21-3/h5-9H,1-4H3,(H,16,17,18). The van der Waals surface area contributed by atoms with E-state index in [2.05, 4.69) is 15.3 Å². The second kappa shape index (κ2) is 6.75. The fourth-order valence-corrected chi connectivity index (χ4v) is 1.85. The molecule has 0 radical (unpaired) electrons. The number of methoxy groups -OCH3 is 2. The van der Waals surface area contributed by atoms with E-state index in [0.717, 1.165) is 5.82 Å². The van der Waals surface area contributed by atoms with Gasteiger partial charge in [-0.3, -0.25) is 0 Å². The summed E-state index contributed by atoms with van der Waals surface area (Å²) in [7, 11) is 6.69. The van der Waals surface area contributed by atoms with Crippen molar-refractivity contribution in [3.8, 4) is 5.75 Å². The van der Waals surface area contributed by atoms with E-state index in [1.165, 1.54) is 13.4 Å². The number of anilines is 3. The first-order valence-corrected chi connectivity index (χ1v) is 6.58. The second-order valence-electron chi connectivity index (χ2n) is 4.69. The molecule has 0 aliphatic heterocycles. The summed E-state index contributed by atoms with van der Waals surface area (Å²) in [6.07, 6.45) is 1.47. The topological polar surface area (TPSA) is 76.6 Å². The Hall–Kier alpha value is -2.83. The predicted octanol–water partition coefficient (Wildman–Crippen LogP) is 2.08. The molecular formula is C15H18N4O3. The van der Waals surface area contributed by atoms with Crippen LogP contribution < -0.4 is 15.0 Å². The van der Waals surface area contributed by atoms with Gasteiger partial charge in [-0.15, -0.1) is 0 Å². The summed E-state index contributed by atoms with van der Waals surface area (Å²) >= 11 is 0. The van der Waals surface area contributed by atoms with E-state index in [9.17, 15) is 4.79 Å². The lowest BCUT2D eigenvalue weighted by Gasteiger charge is -2.14. The molecule has 1 aromatic carbocycles. The molecule has 0 unspecified atom stereocenters. The number of benzene rings is 1. The molecule has 22 heavy (non-hydrogen) atoms. The monoisotopic (exact) mass is 302 g/mol. The molecule has 0 atom stereocenters. The first kappa shape index (κ1) is 15.6. The fraction of sp³-hybridized carbons (Fsp3) is 0.267. The number of esters is 1. The maximum atomic E-state index is 11.6. The van der Waals surface area contributed by atoms with E-state index in [-0.39, 0.29) is 0 Å². The average Bonchev–Trinajstić information content (AvgIpc) is 2.54. The number of hydrogen-bond donors (Lipinski definition) is 1. The van der Waals surface area contributed by atoms with Crippen LogP contribution in [-0.2, 0) is 4.74 Å². The number of carbonyl (C=O) groups is 1. The van der Waals surface area contributed by atoms with Gasteiger partial charge in [-0.1, -0.05) is 0 Å². The number of hydrogen-bond acceptors (Lipinski definition) is 7. The molecule has 1 heterocycles. The van der Waals surface area contributed by atoms with Crippen LogP contribution in [0.1, 0.15) is 10.4 Å². The fourth-order valence-electron chi connectivity index (χ4n) is 1.85. The van der Waals surface area contributed by atoms with Crippen molar-refractivity contribution >= 4 is 23.3 Å². The van der Waals surface area contributed by atoms with E-state index in [1.54, 1.807) is 31.4 Å². The van der Waals surface area contributed by atoms with Gasteiger partial charge < -0.3 is 19.7 Å². The molecule has 0 saturated carbocycles. The average molecular weight is 302 g/mol. The molecule has 2 rings (SSSR count). The third-order valence-corrected chi connectivity index (χ3v) is 2.99. The number of carbonyl (C=O) groups excluding carboxylic acids is 1. The van der Waals surface area contributed by atoms with Gasteiger partial charge in [0.15, 0.2) is 0 Å². The smallest absolute Gasteiger partial charge is 0.337 e. The van der Waals surface area contributed by atoms with E-state index < -0.39 is 5.97 Å². The number of nitrogens with zero attached hydrogens (tertiary/aromatic N) is 3. The highest BCUT2D eigenvalue weighted by Crippen LogP contribution is 2.29. The molecule has 0 bridgehead atoms. The molecule has 0 amide bonds. The summed E-state index contributed by atoms with van der Waals surface area (Å²) in [4.78, 5) is 21.8. The van der Waals surface area contributed by atoms with Gasteiger partial charge in [-0.2, -0.15) is 0 Å². The van der Waals surface area contributed by atoms with Crippen molar-refractivity contribution in [2.75, 3.05) is 38.5 Å². The van der Waals surface area contributed by atoms with Crippen LogP contribution in [0.3, 0.4) is 0 Å².